The van der Waals surface area contributed by atoms with Crippen molar-refractivity contribution in [2.75, 3.05) is 13.2 Å². The van der Waals surface area contributed by atoms with Crippen LogP contribution in [0.3, 0.4) is 0 Å². The summed E-state index contributed by atoms with van der Waals surface area (Å²) in [4.78, 5) is 15.4. The fourth-order valence-corrected chi connectivity index (χ4v) is 4.32. The van der Waals surface area contributed by atoms with E-state index < -0.39 is 5.41 Å². The van der Waals surface area contributed by atoms with Gasteiger partial charge in [-0.05, 0) is 68.2 Å². The van der Waals surface area contributed by atoms with Crippen molar-refractivity contribution in [3.63, 3.8) is 0 Å². The van der Waals surface area contributed by atoms with Crippen molar-refractivity contribution < 1.29 is 13.9 Å². The number of ether oxygens (including phenoxy) is 1. The first-order valence-electron chi connectivity index (χ1n) is 9.72. The van der Waals surface area contributed by atoms with E-state index in [4.69, 9.17) is 4.74 Å². The Kier molecular flexibility index (Phi) is 4.69. The smallest absolute Gasteiger partial charge is 0.229 e. The average molecular weight is 387 g/mol. The van der Waals surface area contributed by atoms with Crippen LogP contribution in [0.25, 0.3) is 0 Å². The quantitative estimate of drug-likeness (QED) is 0.810. The van der Waals surface area contributed by atoms with Gasteiger partial charge in [0.25, 0.3) is 0 Å². The highest BCUT2D eigenvalue weighted by atomic mass is 19.1. The fraction of sp³-hybridized carbons (Fsp3) is 0.600. The third-order valence-corrected chi connectivity index (χ3v) is 5.79. The second-order valence-electron chi connectivity index (χ2n) is 8.80. The first-order chi connectivity index (χ1) is 13.3. The summed E-state index contributed by atoms with van der Waals surface area (Å²) < 4.78 is 21.0. The van der Waals surface area contributed by atoms with Crippen LogP contribution in [-0.4, -0.2) is 44.2 Å². The van der Waals surface area contributed by atoms with E-state index in [2.05, 4.69) is 15.5 Å². The Morgan fingerprint density at radius 1 is 1.29 bits per heavy atom. The van der Waals surface area contributed by atoms with Crippen LogP contribution in [0.1, 0.15) is 57.5 Å². The molecule has 1 aromatic carbocycles. The van der Waals surface area contributed by atoms with Crippen molar-refractivity contribution in [1.29, 1.82) is 0 Å². The summed E-state index contributed by atoms with van der Waals surface area (Å²) >= 11 is 0. The predicted octanol–water partition coefficient (Wildman–Crippen LogP) is 2.84. The molecule has 0 bridgehead atoms. The number of benzene rings is 1. The highest BCUT2D eigenvalue weighted by Gasteiger charge is 2.54. The number of tetrazole rings is 1. The number of likely N-dealkylation sites (tertiary alicyclic amines) is 1. The zero-order valence-electron chi connectivity index (χ0n) is 16.6. The van der Waals surface area contributed by atoms with Crippen molar-refractivity contribution in [1.82, 2.24) is 25.1 Å². The van der Waals surface area contributed by atoms with Gasteiger partial charge in [-0.1, -0.05) is 12.1 Å². The summed E-state index contributed by atoms with van der Waals surface area (Å²) in [6.45, 7) is 7.59. The lowest BCUT2D eigenvalue weighted by Crippen LogP contribution is -2.39. The molecule has 2 aliphatic heterocycles. The number of carbonyl (C=O) groups is 1. The Bertz CT molecular complexity index is 869. The van der Waals surface area contributed by atoms with Gasteiger partial charge in [-0.2, -0.15) is 0 Å². The molecule has 0 aliphatic carbocycles. The molecule has 8 heteroatoms. The number of amides is 1. The summed E-state index contributed by atoms with van der Waals surface area (Å²) in [5.41, 5.74) is 0.000166. The third-order valence-electron chi connectivity index (χ3n) is 5.79. The Balaban J connectivity index is 1.73. The number of hydrogen-bond donors (Lipinski definition) is 0. The highest BCUT2D eigenvalue weighted by Crippen LogP contribution is 2.50. The van der Waals surface area contributed by atoms with Gasteiger partial charge in [0.15, 0.2) is 5.82 Å². The van der Waals surface area contributed by atoms with Gasteiger partial charge in [0.05, 0.1) is 17.0 Å². The van der Waals surface area contributed by atoms with Crippen molar-refractivity contribution in [3.8, 4) is 0 Å². The summed E-state index contributed by atoms with van der Waals surface area (Å²) in [6.07, 6.45) is 2.04. The molecule has 1 amide bonds. The standard InChI is InChI=1S/C20H26FN5O2/c1-19(2,3)26-17(22-23-24-26)16-12-20(7-9-28-10-8-20)18(27)25(16)13-14-5-4-6-15(21)11-14/h4-6,11,16H,7-10,12-13H2,1-3H3/t16-/m0/s1. The largest absolute Gasteiger partial charge is 0.381 e. The van der Waals surface area contributed by atoms with Crippen LogP contribution in [0.2, 0.25) is 0 Å². The van der Waals surface area contributed by atoms with E-state index in [0.717, 1.165) is 5.56 Å². The van der Waals surface area contributed by atoms with Gasteiger partial charge in [0, 0.05) is 19.8 Å². The van der Waals surface area contributed by atoms with Crippen LogP contribution in [0, 0.1) is 11.2 Å². The molecule has 1 atom stereocenters. The molecule has 2 aromatic rings. The lowest BCUT2D eigenvalue weighted by atomic mass is 9.77. The number of carbonyl (C=O) groups excluding carboxylic acids is 1. The Morgan fingerprint density at radius 3 is 2.71 bits per heavy atom. The number of aromatic nitrogens is 4. The van der Waals surface area contributed by atoms with E-state index in [9.17, 15) is 9.18 Å². The molecular formula is C20H26FN5O2. The Morgan fingerprint density at radius 2 is 2.04 bits per heavy atom. The molecule has 3 heterocycles. The van der Waals surface area contributed by atoms with Gasteiger partial charge in [-0.3, -0.25) is 4.79 Å². The van der Waals surface area contributed by atoms with Crippen LogP contribution in [0.5, 0.6) is 0 Å². The minimum Gasteiger partial charge on any atom is -0.381 e. The molecule has 28 heavy (non-hydrogen) atoms. The molecule has 150 valence electrons. The van der Waals surface area contributed by atoms with Gasteiger partial charge in [-0.25, -0.2) is 9.07 Å². The van der Waals surface area contributed by atoms with E-state index in [-0.39, 0.29) is 23.3 Å². The van der Waals surface area contributed by atoms with Gasteiger partial charge in [0.1, 0.15) is 5.82 Å². The Labute approximate surface area is 163 Å². The molecule has 2 fully saturated rings. The maximum Gasteiger partial charge on any atom is 0.229 e. The monoisotopic (exact) mass is 387 g/mol. The van der Waals surface area contributed by atoms with Gasteiger partial charge in [-0.15, -0.1) is 5.10 Å². The summed E-state index contributed by atoms with van der Waals surface area (Å²) in [5, 5.41) is 12.4. The van der Waals surface area contributed by atoms with Crippen molar-refractivity contribution >= 4 is 5.91 Å². The van der Waals surface area contributed by atoms with E-state index >= 15 is 0 Å². The molecule has 4 rings (SSSR count). The number of rotatable bonds is 3. The molecule has 0 saturated carbocycles. The zero-order valence-corrected chi connectivity index (χ0v) is 16.6. The first kappa shape index (κ1) is 19.0. The SMILES string of the molecule is CC(C)(C)n1nnnc1[C@@H]1CC2(CCOCC2)C(=O)N1Cc1cccc(F)c1. The van der Waals surface area contributed by atoms with Crippen LogP contribution in [-0.2, 0) is 21.6 Å². The molecular weight excluding hydrogens is 361 g/mol. The summed E-state index contributed by atoms with van der Waals surface area (Å²) in [6, 6.07) is 6.15. The molecule has 1 aromatic heterocycles. The van der Waals surface area contributed by atoms with Crippen LogP contribution in [0.4, 0.5) is 4.39 Å². The van der Waals surface area contributed by atoms with Gasteiger partial charge >= 0.3 is 0 Å². The third kappa shape index (κ3) is 3.30. The lowest BCUT2D eigenvalue weighted by Gasteiger charge is -2.31. The maximum atomic E-state index is 13.7. The van der Waals surface area contributed by atoms with Crippen LogP contribution in [0.15, 0.2) is 24.3 Å². The van der Waals surface area contributed by atoms with Crippen LogP contribution >= 0.6 is 0 Å². The molecule has 0 unspecified atom stereocenters. The molecule has 1 spiro atoms. The predicted molar refractivity (Wildman–Crippen MR) is 99.6 cm³/mol. The fourth-order valence-electron chi connectivity index (χ4n) is 4.32. The topological polar surface area (TPSA) is 73.1 Å². The molecule has 2 saturated heterocycles. The van der Waals surface area contributed by atoms with E-state index in [1.807, 2.05) is 31.7 Å². The average Bonchev–Trinajstić information content (AvgIpc) is 3.22. The van der Waals surface area contributed by atoms with Crippen molar-refractivity contribution in [2.24, 2.45) is 5.41 Å². The summed E-state index contributed by atoms with van der Waals surface area (Å²) in [5.74, 6) is 0.468. The van der Waals surface area contributed by atoms with E-state index in [0.29, 0.717) is 44.8 Å². The Hall–Kier alpha value is -2.35. The minimum atomic E-state index is -0.453. The minimum absolute atomic E-state index is 0.0912. The highest BCUT2D eigenvalue weighted by molar-refractivity contribution is 5.85. The molecule has 0 N–H and O–H groups in total. The lowest BCUT2D eigenvalue weighted by molar-refractivity contribution is -0.141. The van der Waals surface area contributed by atoms with E-state index in [1.54, 1.807) is 10.7 Å². The molecule has 0 radical (unpaired) electrons. The number of hydrogen-bond acceptors (Lipinski definition) is 5. The number of halogens is 1. The molecule has 2 aliphatic rings. The van der Waals surface area contributed by atoms with Gasteiger partial charge < -0.3 is 9.64 Å². The second-order valence-corrected chi connectivity index (χ2v) is 8.80. The zero-order chi connectivity index (χ0) is 19.9. The van der Waals surface area contributed by atoms with Crippen molar-refractivity contribution in [3.05, 3.63) is 41.5 Å². The normalized spacial score (nSPS) is 22.2. The van der Waals surface area contributed by atoms with E-state index in [1.165, 1.54) is 12.1 Å². The van der Waals surface area contributed by atoms with Gasteiger partial charge in [0.2, 0.25) is 5.91 Å². The summed E-state index contributed by atoms with van der Waals surface area (Å²) in [7, 11) is 0. The van der Waals surface area contributed by atoms with Crippen molar-refractivity contribution in [2.45, 2.75) is 58.2 Å². The first-order valence-corrected chi connectivity index (χ1v) is 9.72. The molecule has 7 nitrogen and oxygen atoms in total. The maximum absolute atomic E-state index is 13.7. The van der Waals surface area contributed by atoms with Crippen LogP contribution < -0.4 is 0 Å². The number of nitrogens with zero attached hydrogens (tertiary/aromatic N) is 5. The second kappa shape index (κ2) is 6.92.